The van der Waals surface area contributed by atoms with E-state index in [4.69, 9.17) is 10.2 Å². The monoisotopic (exact) mass is 276 g/mol. The normalized spacial score (nSPS) is 21.0. The van der Waals surface area contributed by atoms with E-state index in [0.29, 0.717) is 0 Å². The molecule has 2 N–H and O–H groups in total. The van der Waals surface area contributed by atoms with Crippen LogP contribution in [0.3, 0.4) is 0 Å². The number of hydrogen-bond acceptors (Lipinski definition) is 2. The minimum atomic E-state index is 0.169. The van der Waals surface area contributed by atoms with E-state index in [1.165, 1.54) is 62.8 Å². The van der Waals surface area contributed by atoms with Gasteiger partial charge in [0.1, 0.15) is 11.5 Å². The molecule has 0 aliphatic heterocycles. The van der Waals surface area contributed by atoms with E-state index in [1.54, 1.807) is 25.7 Å². The first-order valence-corrected chi connectivity index (χ1v) is 8.23. The number of rotatable bonds is 1. The first-order chi connectivity index (χ1) is 9.75. The quantitative estimate of drug-likeness (QED) is 0.688. The van der Waals surface area contributed by atoms with E-state index in [1.807, 2.05) is 0 Å². The molecule has 0 amide bonds. The highest BCUT2D eigenvalue weighted by Crippen LogP contribution is 2.37. The van der Waals surface area contributed by atoms with Crippen LogP contribution in [-0.2, 0) is 0 Å². The minimum absolute atomic E-state index is 0.169. The van der Waals surface area contributed by atoms with Gasteiger partial charge in [0, 0.05) is 0 Å². The Bertz CT molecular complexity index is 323. The molecule has 0 aromatic heterocycles. The summed E-state index contributed by atoms with van der Waals surface area (Å²) in [5.41, 5.74) is 0. The summed E-state index contributed by atoms with van der Waals surface area (Å²) in [6.07, 6.45) is 15.4. The SMILES string of the molecule is C1CCC(C2CCCCC2)CC1.Oc1ccc(O)cc1. The van der Waals surface area contributed by atoms with Crippen LogP contribution in [0.2, 0.25) is 0 Å². The van der Waals surface area contributed by atoms with Gasteiger partial charge in [0.05, 0.1) is 0 Å². The van der Waals surface area contributed by atoms with Gasteiger partial charge in [-0.3, -0.25) is 0 Å². The molecular formula is C18H28O2. The lowest BCUT2D eigenvalue weighted by molar-refractivity contribution is 0.196. The van der Waals surface area contributed by atoms with Crippen LogP contribution in [0.1, 0.15) is 64.2 Å². The molecule has 2 aliphatic carbocycles. The largest absolute Gasteiger partial charge is 0.508 e. The molecule has 2 saturated carbocycles. The predicted octanol–water partition coefficient (Wildman–Crippen LogP) is 5.24. The second-order valence-corrected chi connectivity index (χ2v) is 6.31. The Balaban J connectivity index is 0.000000160. The van der Waals surface area contributed by atoms with Crippen molar-refractivity contribution in [3.8, 4) is 11.5 Å². The number of hydrogen-bond donors (Lipinski definition) is 2. The summed E-state index contributed by atoms with van der Waals surface area (Å²) in [6, 6.07) is 5.70. The maximum atomic E-state index is 8.65. The van der Waals surface area contributed by atoms with Gasteiger partial charge in [0.2, 0.25) is 0 Å². The molecule has 20 heavy (non-hydrogen) atoms. The van der Waals surface area contributed by atoms with E-state index in [0.717, 1.165) is 11.8 Å². The van der Waals surface area contributed by atoms with Crippen molar-refractivity contribution in [3.63, 3.8) is 0 Å². The summed E-state index contributed by atoms with van der Waals surface area (Å²) in [7, 11) is 0. The molecule has 0 bridgehead atoms. The predicted molar refractivity (Wildman–Crippen MR) is 82.9 cm³/mol. The zero-order valence-electron chi connectivity index (χ0n) is 12.4. The van der Waals surface area contributed by atoms with Gasteiger partial charge in [0.15, 0.2) is 0 Å². The summed E-state index contributed by atoms with van der Waals surface area (Å²) in [6.45, 7) is 0. The lowest BCUT2D eigenvalue weighted by Gasteiger charge is -2.32. The highest BCUT2D eigenvalue weighted by Gasteiger charge is 2.24. The van der Waals surface area contributed by atoms with Gasteiger partial charge in [-0.2, -0.15) is 0 Å². The molecule has 2 nitrogen and oxygen atoms in total. The van der Waals surface area contributed by atoms with Crippen molar-refractivity contribution in [1.82, 2.24) is 0 Å². The fourth-order valence-corrected chi connectivity index (χ4v) is 3.66. The van der Waals surface area contributed by atoms with Crippen LogP contribution in [0.15, 0.2) is 24.3 Å². The van der Waals surface area contributed by atoms with Crippen LogP contribution in [-0.4, -0.2) is 10.2 Å². The molecule has 3 rings (SSSR count). The number of aromatic hydroxyl groups is 2. The van der Waals surface area contributed by atoms with Crippen molar-refractivity contribution in [1.29, 1.82) is 0 Å². The fourth-order valence-electron chi connectivity index (χ4n) is 3.66. The zero-order valence-corrected chi connectivity index (χ0v) is 12.4. The van der Waals surface area contributed by atoms with Crippen LogP contribution in [0.5, 0.6) is 11.5 Å². The summed E-state index contributed by atoms with van der Waals surface area (Å²) < 4.78 is 0. The Kier molecular flexibility index (Phi) is 6.23. The zero-order chi connectivity index (χ0) is 14.2. The molecular weight excluding hydrogens is 248 g/mol. The lowest BCUT2D eigenvalue weighted by atomic mass is 9.73. The molecule has 0 radical (unpaired) electrons. The highest BCUT2D eigenvalue weighted by molar-refractivity contribution is 5.28. The van der Waals surface area contributed by atoms with E-state index in [-0.39, 0.29) is 11.5 Å². The molecule has 2 aliphatic rings. The average Bonchev–Trinajstić information content (AvgIpc) is 2.53. The smallest absolute Gasteiger partial charge is 0.115 e. The van der Waals surface area contributed by atoms with Crippen LogP contribution >= 0.6 is 0 Å². The van der Waals surface area contributed by atoms with Crippen LogP contribution in [0, 0.1) is 11.8 Å². The first kappa shape index (κ1) is 15.2. The Morgan fingerprint density at radius 1 is 0.550 bits per heavy atom. The molecule has 0 unspecified atom stereocenters. The molecule has 1 aromatic rings. The third-order valence-corrected chi connectivity index (χ3v) is 4.82. The summed E-state index contributed by atoms with van der Waals surface area (Å²) >= 11 is 0. The standard InChI is InChI=1S/C12H22.C6H6O2/c1-3-7-11(8-4-1)12-9-5-2-6-10-12;7-5-1-2-6(8)4-3-5/h11-12H,1-10H2;1-4,7-8H. The van der Waals surface area contributed by atoms with Crippen molar-refractivity contribution < 1.29 is 10.2 Å². The topological polar surface area (TPSA) is 40.5 Å². The fraction of sp³-hybridized carbons (Fsp3) is 0.667. The molecule has 2 fully saturated rings. The Hall–Kier alpha value is -1.18. The molecule has 0 atom stereocenters. The van der Waals surface area contributed by atoms with E-state index >= 15 is 0 Å². The first-order valence-electron chi connectivity index (χ1n) is 8.23. The number of phenols is 2. The van der Waals surface area contributed by atoms with E-state index in [9.17, 15) is 0 Å². The van der Waals surface area contributed by atoms with Crippen molar-refractivity contribution >= 4 is 0 Å². The highest BCUT2D eigenvalue weighted by atomic mass is 16.3. The number of phenolic OH excluding ortho intramolecular Hbond substituents is 2. The maximum Gasteiger partial charge on any atom is 0.115 e. The Morgan fingerprint density at radius 3 is 1.15 bits per heavy atom. The molecule has 1 aromatic carbocycles. The minimum Gasteiger partial charge on any atom is -0.508 e. The average molecular weight is 276 g/mol. The van der Waals surface area contributed by atoms with Crippen molar-refractivity contribution in [3.05, 3.63) is 24.3 Å². The molecule has 112 valence electrons. The number of benzene rings is 1. The van der Waals surface area contributed by atoms with E-state index < -0.39 is 0 Å². The second kappa shape index (κ2) is 8.18. The summed E-state index contributed by atoms with van der Waals surface area (Å²) in [5.74, 6) is 2.61. The van der Waals surface area contributed by atoms with Gasteiger partial charge in [-0.15, -0.1) is 0 Å². The summed E-state index contributed by atoms with van der Waals surface area (Å²) in [5, 5.41) is 17.3. The lowest BCUT2D eigenvalue weighted by Crippen LogP contribution is -2.20. The van der Waals surface area contributed by atoms with Gasteiger partial charge in [-0.1, -0.05) is 64.2 Å². The third-order valence-electron chi connectivity index (χ3n) is 4.82. The molecule has 2 heteroatoms. The van der Waals surface area contributed by atoms with Gasteiger partial charge in [-0.05, 0) is 36.1 Å². The van der Waals surface area contributed by atoms with Crippen molar-refractivity contribution in [2.75, 3.05) is 0 Å². The molecule has 0 saturated heterocycles. The van der Waals surface area contributed by atoms with Crippen LogP contribution in [0.4, 0.5) is 0 Å². The van der Waals surface area contributed by atoms with Gasteiger partial charge in [-0.25, -0.2) is 0 Å². The van der Waals surface area contributed by atoms with Crippen LogP contribution in [0.25, 0.3) is 0 Å². The van der Waals surface area contributed by atoms with E-state index in [2.05, 4.69) is 0 Å². The van der Waals surface area contributed by atoms with Gasteiger partial charge >= 0.3 is 0 Å². The van der Waals surface area contributed by atoms with Crippen LogP contribution < -0.4 is 0 Å². The third kappa shape index (κ3) is 5.07. The maximum absolute atomic E-state index is 8.65. The second-order valence-electron chi connectivity index (χ2n) is 6.31. The Morgan fingerprint density at radius 2 is 0.850 bits per heavy atom. The summed E-state index contributed by atoms with van der Waals surface area (Å²) in [4.78, 5) is 0. The Labute approximate surface area is 122 Å². The molecule has 0 spiro atoms. The molecule has 0 heterocycles. The van der Waals surface area contributed by atoms with Gasteiger partial charge < -0.3 is 10.2 Å². The van der Waals surface area contributed by atoms with Crippen molar-refractivity contribution in [2.24, 2.45) is 11.8 Å². The van der Waals surface area contributed by atoms with Gasteiger partial charge in [0.25, 0.3) is 0 Å². The van der Waals surface area contributed by atoms with Crippen molar-refractivity contribution in [2.45, 2.75) is 64.2 Å².